The topological polar surface area (TPSA) is 94.5 Å². The van der Waals surface area contributed by atoms with Gasteiger partial charge in [-0.3, -0.25) is 16.3 Å². The molecule has 0 aliphatic carbocycles. The third-order valence-electron chi connectivity index (χ3n) is 2.24. The summed E-state index contributed by atoms with van der Waals surface area (Å²) in [4.78, 5) is 5.31. The van der Waals surface area contributed by atoms with Crippen molar-refractivity contribution in [2.75, 3.05) is 0 Å². The standard InChI is InChI=1S/C9H12FN7/c1-17-15-9(14-16-17)4-8(13-11)7-3-2-6(10)5-12-7/h2-3,5,8,13H,4,11H2,1H3. The summed E-state index contributed by atoms with van der Waals surface area (Å²) in [6.45, 7) is 0. The third kappa shape index (κ3) is 2.80. The molecule has 0 amide bonds. The zero-order valence-electron chi connectivity index (χ0n) is 9.21. The van der Waals surface area contributed by atoms with Gasteiger partial charge in [-0.15, -0.1) is 10.2 Å². The Hall–Kier alpha value is -1.93. The first kappa shape index (κ1) is 11.6. The van der Waals surface area contributed by atoms with Crippen LogP contribution in [0.4, 0.5) is 4.39 Å². The summed E-state index contributed by atoms with van der Waals surface area (Å²) in [5, 5.41) is 11.6. The molecule has 0 saturated heterocycles. The Morgan fingerprint density at radius 1 is 1.53 bits per heavy atom. The number of nitrogens with two attached hydrogens (primary N) is 1. The fraction of sp³-hybridized carbons (Fsp3) is 0.333. The van der Waals surface area contributed by atoms with Crippen LogP contribution in [0.3, 0.4) is 0 Å². The van der Waals surface area contributed by atoms with Gasteiger partial charge in [-0.05, 0) is 17.3 Å². The lowest BCUT2D eigenvalue weighted by Gasteiger charge is -2.12. The van der Waals surface area contributed by atoms with Crippen LogP contribution in [0, 0.1) is 5.82 Å². The zero-order chi connectivity index (χ0) is 12.3. The first-order valence-corrected chi connectivity index (χ1v) is 4.99. The van der Waals surface area contributed by atoms with Crippen LogP contribution in [0.25, 0.3) is 0 Å². The molecule has 1 unspecified atom stereocenters. The van der Waals surface area contributed by atoms with Gasteiger partial charge in [0.2, 0.25) is 0 Å². The maximum Gasteiger partial charge on any atom is 0.176 e. The monoisotopic (exact) mass is 237 g/mol. The highest BCUT2D eigenvalue weighted by molar-refractivity contribution is 5.11. The normalized spacial score (nSPS) is 12.6. The van der Waals surface area contributed by atoms with E-state index in [0.29, 0.717) is 17.9 Å². The van der Waals surface area contributed by atoms with Crippen LogP contribution in [-0.4, -0.2) is 25.2 Å². The molecule has 0 bridgehead atoms. The van der Waals surface area contributed by atoms with Crippen molar-refractivity contribution in [3.05, 3.63) is 35.7 Å². The second-order valence-electron chi connectivity index (χ2n) is 3.52. The molecule has 0 aliphatic heterocycles. The molecule has 0 aromatic carbocycles. The van der Waals surface area contributed by atoms with Gasteiger partial charge in [0.1, 0.15) is 5.82 Å². The third-order valence-corrected chi connectivity index (χ3v) is 2.24. The van der Waals surface area contributed by atoms with Crippen LogP contribution >= 0.6 is 0 Å². The predicted octanol–water partition coefficient (Wildman–Crippen LogP) is -0.509. The molecule has 0 aliphatic rings. The van der Waals surface area contributed by atoms with E-state index in [1.165, 1.54) is 10.9 Å². The fourth-order valence-electron chi connectivity index (χ4n) is 1.43. The molecule has 2 aromatic rings. The molecule has 0 saturated carbocycles. The quantitative estimate of drug-likeness (QED) is 0.549. The van der Waals surface area contributed by atoms with Crippen LogP contribution in [0.1, 0.15) is 17.6 Å². The average Bonchev–Trinajstić information content (AvgIpc) is 2.73. The summed E-state index contributed by atoms with van der Waals surface area (Å²) in [6.07, 6.45) is 1.58. The summed E-state index contributed by atoms with van der Waals surface area (Å²) in [6, 6.07) is 2.62. The van der Waals surface area contributed by atoms with E-state index in [2.05, 4.69) is 25.8 Å². The van der Waals surface area contributed by atoms with E-state index in [0.717, 1.165) is 6.20 Å². The molecule has 7 nitrogen and oxygen atoms in total. The molecule has 2 rings (SSSR count). The number of nitrogens with zero attached hydrogens (tertiary/aromatic N) is 5. The summed E-state index contributed by atoms with van der Waals surface area (Å²) in [5.41, 5.74) is 3.22. The van der Waals surface area contributed by atoms with E-state index in [1.807, 2.05) is 0 Å². The molecular weight excluding hydrogens is 225 g/mol. The minimum absolute atomic E-state index is 0.278. The van der Waals surface area contributed by atoms with Gasteiger partial charge >= 0.3 is 0 Å². The van der Waals surface area contributed by atoms with Crippen LogP contribution in [-0.2, 0) is 13.5 Å². The highest BCUT2D eigenvalue weighted by atomic mass is 19.1. The molecule has 0 fully saturated rings. The van der Waals surface area contributed by atoms with Crippen LogP contribution in [0.2, 0.25) is 0 Å². The largest absolute Gasteiger partial charge is 0.271 e. The molecule has 90 valence electrons. The van der Waals surface area contributed by atoms with Gasteiger partial charge in [0.15, 0.2) is 5.82 Å². The van der Waals surface area contributed by atoms with Crippen molar-refractivity contribution in [3.8, 4) is 0 Å². The van der Waals surface area contributed by atoms with Gasteiger partial charge in [0.05, 0.1) is 25.0 Å². The maximum absolute atomic E-state index is 12.7. The lowest BCUT2D eigenvalue weighted by Crippen LogP contribution is -2.30. The number of pyridine rings is 1. The number of aryl methyl sites for hydroxylation is 1. The smallest absolute Gasteiger partial charge is 0.176 e. The lowest BCUT2D eigenvalue weighted by atomic mass is 10.1. The number of nitrogens with one attached hydrogen (secondary N) is 1. The van der Waals surface area contributed by atoms with Gasteiger partial charge in [-0.1, -0.05) is 0 Å². The van der Waals surface area contributed by atoms with E-state index in [-0.39, 0.29) is 11.9 Å². The van der Waals surface area contributed by atoms with Gasteiger partial charge in [-0.2, -0.15) is 4.80 Å². The van der Waals surface area contributed by atoms with Crippen molar-refractivity contribution in [3.63, 3.8) is 0 Å². The molecule has 0 spiro atoms. The molecule has 1 atom stereocenters. The van der Waals surface area contributed by atoms with E-state index >= 15 is 0 Å². The molecule has 2 aromatic heterocycles. The van der Waals surface area contributed by atoms with Gasteiger partial charge < -0.3 is 0 Å². The van der Waals surface area contributed by atoms with Crippen molar-refractivity contribution >= 4 is 0 Å². The first-order chi connectivity index (χ1) is 8.19. The highest BCUT2D eigenvalue weighted by Crippen LogP contribution is 2.13. The van der Waals surface area contributed by atoms with Crippen molar-refractivity contribution in [1.82, 2.24) is 30.6 Å². The average molecular weight is 237 g/mol. The Bertz CT molecular complexity index is 480. The fourth-order valence-corrected chi connectivity index (χ4v) is 1.43. The molecule has 8 heteroatoms. The lowest BCUT2D eigenvalue weighted by molar-refractivity contribution is 0.520. The summed E-state index contributed by atoms with van der Waals surface area (Å²) in [7, 11) is 1.68. The maximum atomic E-state index is 12.7. The second kappa shape index (κ2) is 4.93. The van der Waals surface area contributed by atoms with E-state index in [1.54, 1.807) is 13.1 Å². The SMILES string of the molecule is Cn1nnc(CC(NN)c2ccc(F)cn2)n1. The number of rotatable bonds is 4. The van der Waals surface area contributed by atoms with Crippen molar-refractivity contribution in [1.29, 1.82) is 0 Å². The van der Waals surface area contributed by atoms with E-state index < -0.39 is 0 Å². The molecular formula is C9H12FN7. The Kier molecular flexibility index (Phi) is 3.35. The predicted molar refractivity (Wildman–Crippen MR) is 56.8 cm³/mol. The molecule has 17 heavy (non-hydrogen) atoms. The minimum atomic E-state index is -0.387. The number of hydrazine groups is 1. The number of hydrogen-bond acceptors (Lipinski definition) is 6. The number of aromatic nitrogens is 5. The summed E-state index contributed by atoms with van der Waals surface area (Å²) >= 11 is 0. The number of hydrogen-bond donors (Lipinski definition) is 2. The zero-order valence-corrected chi connectivity index (χ0v) is 9.21. The molecule has 3 N–H and O–H groups in total. The van der Waals surface area contributed by atoms with Gasteiger partial charge in [0.25, 0.3) is 0 Å². The van der Waals surface area contributed by atoms with Crippen LogP contribution in [0.5, 0.6) is 0 Å². The Labute approximate surface area is 96.8 Å². The minimum Gasteiger partial charge on any atom is -0.271 e. The Morgan fingerprint density at radius 2 is 2.35 bits per heavy atom. The Balaban J connectivity index is 2.13. The van der Waals surface area contributed by atoms with Crippen molar-refractivity contribution in [2.45, 2.75) is 12.5 Å². The first-order valence-electron chi connectivity index (χ1n) is 4.99. The van der Waals surface area contributed by atoms with Crippen molar-refractivity contribution < 1.29 is 4.39 Å². The number of tetrazole rings is 1. The molecule has 2 heterocycles. The summed E-state index contributed by atoms with van der Waals surface area (Å²) < 4.78 is 12.7. The second-order valence-corrected chi connectivity index (χ2v) is 3.52. The van der Waals surface area contributed by atoms with Crippen LogP contribution < -0.4 is 11.3 Å². The summed E-state index contributed by atoms with van der Waals surface area (Å²) in [5.74, 6) is 5.59. The van der Waals surface area contributed by atoms with Gasteiger partial charge in [0, 0.05) is 6.42 Å². The van der Waals surface area contributed by atoms with Gasteiger partial charge in [-0.25, -0.2) is 4.39 Å². The highest BCUT2D eigenvalue weighted by Gasteiger charge is 2.15. The van der Waals surface area contributed by atoms with E-state index in [9.17, 15) is 4.39 Å². The Morgan fingerprint density at radius 3 is 2.88 bits per heavy atom. The van der Waals surface area contributed by atoms with Crippen LogP contribution in [0.15, 0.2) is 18.3 Å². The molecule has 0 radical (unpaired) electrons. The number of halogens is 1. The van der Waals surface area contributed by atoms with E-state index in [4.69, 9.17) is 5.84 Å². The van der Waals surface area contributed by atoms with Crippen molar-refractivity contribution in [2.24, 2.45) is 12.9 Å².